The van der Waals surface area contributed by atoms with Crippen LogP contribution in [0.4, 0.5) is 0 Å². The van der Waals surface area contributed by atoms with Gasteiger partial charge in [-0.2, -0.15) is 5.10 Å². The van der Waals surface area contributed by atoms with Crippen molar-refractivity contribution in [2.24, 2.45) is 5.10 Å². The van der Waals surface area contributed by atoms with Crippen molar-refractivity contribution >= 4 is 17.5 Å². The molecular weight excluding hydrogens is 232 g/mol. The van der Waals surface area contributed by atoms with E-state index in [0.717, 1.165) is 13.0 Å². The van der Waals surface area contributed by atoms with Gasteiger partial charge in [0.2, 0.25) is 5.91 Å². The van der Waals surface area contributed by atoms with Crippen LogP contribution in [-0.2, 0) is 9.59 Å². The molecule has 102 valence electrons. The average molecular weight is 254 g/mol. The van der Waals surface area contributed by atoms with E-state index in [4.69, 9.17) is 0 Å². The summed E-state index contributed by atoms with van der Waals surface area (Å²) < 4.78 is 0. The Morgan fingerprint density at radius 2 is 2.28 bits per heavy atom. The van der Waals surface area contributed by atoms with Crippen molar-refractivity contribution in [3.63, 3.8) is 0 Å². The number of rotatable bonds is 6. The largest absolute Gasteiger partial charge is 0.350 e. The number of amides is 2. The average Bonchev–Trinajstić information content (AvgIpc) is 2.38. The van der Waals surface area contributed by atoms with E-state index in [1.807, 2.05) is 7.05 Å². The molecule has 1 aliphatic heterocycles. The molecule has 18 heavy (non-hydrogen) atoms. The van der Waals surface area contributed by atoms with Crippen molar-refractivity contribution < 1.29 is 9.59 Å². The Kier molecular flexibility index (Phi) is 5.77. The number of carbonyl (C=O) groups excluding carboxylic acids is 2. The van der Waals surface area contributed by atoms with Gasteiger partial charge in [-0.1, -0.05) is 6.92 Å². The summed E-state index contributed by atoms with van der Waals surface area (Å²) in [5.74, 6) is -0.324. The van der Waals surface area contributed by atoms with Crippen LogP contribution in [0.1, 0.15) is 33.1 Å². The van der Waals surface area contributed by atoms with Crippen LogP contribution in [0.15, 0.2) is 5.10 Å². The monoisotopic (exact) mass is 254 g/mol. The zero-order chi connectivity index (χ0) is 13.5. The third kappa shape index (κ3) is 4.44. The summed E-state index contributed by atoms with van der Waals surface area (Å²) in [5, 5.41) is 6.57. The van der Waals surface area contributed by atoms with Gasteiger partial charge < -0.3 is 10.2 Å². The molecule has 1 heterocycles. The lowest BCUT2D eigenvalue weighted by molar-refractivity contribution is -0.121. The third-order valence-corrected chi connectivity index (χ3v) is 3.26. The fraction of sp³-hybridized carbons (Fsp3) is 0.750. The van der Waals surface area contributed by atoms with Crippen molar-refractivity contribution in [1.29, 1.82) is 0 Å². The van der Waals surface area contributed by atoms with E-state index in [0.29, 0.717) is 31.1 Å². The van der Waals surface area contributed by atoms with Gasteiger partial charge >= 0.3 is 0 Å². The molecule has 0 fully saturated rings. The number of nitrogens with zero attached hydrogens (tertiary/aromatic N) is 2. The second-order valence-electron chi connectivity index (χ2n) is 4.59. The van der Waals surface area contributed by atoms with Gasteiger partial charge in [-0.3, -0.25) is 9.59 Å². The number of hydrazone groups is 1. The molecular formula is C12H22N4O2. The summed E-state index contributed by atoms with van der Waals surface area (Å²) >= 11 is 0. The summed E-state index contributed by atoms with van der Waals surface area (Å²) in [5.41, 5.74) is 2.72. The SMILES string of the molecule is CCC(C)N(C)CCNC(=O)C1=NNC(=O)CC1. The minimum atomic E-state index is -0.187. The Labute approximate surface area is 108 Å². The maximum Gasteiger partial charge on any atom is 0.267 e. The fourth-order valence-electron chi connectivity index (χ4n) is 1.62. The molecule has 0 aliphatic carbocycles. The molecule has 0 spiro atoms. The normalized spacial score (nSPS) is 17.1. The molecule has 0 aromatic carbocycles. The maximum atomic E-state index is 11.7. The van der Waals surface area contributed by atoms with Gasteiger partial charge in [0.1, 0.15) is 5.71 Å². The first-order valence-electron chi connectivity index (χ1n) is 6.38. The molecule has 0 bridgehead atoms. The van der Waals surface area contributed by atoms with Crippen LogP contribution in [0.2, 0.25) is 0 Å². The highest BCUT2D eigenvalue weighted by Crippen LogP contribution is 2.00. The predicted molar refractivity (Wildman–Crippen MR) is 70.2 cm³/mol. The first kappa shape index (κ1) is 14.6. The lowest BCUT2D eigenvalue weighted by Crippen LogP contribution is -2.41. The number of hydrogen-bond donors (Lipinski definition) is 2. The molecule has 0 saturated heterocycles. The van der Waals surface area contributed by atoms with Crippen molar-refractivity contribution in [3.8, 4) is 0 Å². The standard InChI is InChI=1S/C12H22N4O2/c1-4-9(2)16(3)8-7-13-12(18)10-5-6-11(17)15-14-10/h9H,4-8H2,1-3H3,(H,13,18)(H,15,17). The third-order valence-electron chi connectivity index (χ3n) is 3.26. The van der Waals surface area contributed by atoms with E-state index in [1.54, 1.807) is 0 Å². The quantitative estimate of drug-likeness (QED) is 0.706. The topological polar surface area (TPSA) is 73.8 Å². The molecule has 6 nitrogen and oxygen atoms in total. The molecule has 0 aromatic rings. The van der Waals surface area contributed by atoms with Crippen molar-refractivity contribution in [1.82, 2.24) is 15.6 Å². The maximum absolute atomic E-state index is 11.7. The first-order valence-corrected chi connectivity index (χ1v) is 6.38. The lowest BCUT2D eigenvalue weighted by Gasteiger charge is -2.23. The number of nitrogens with one attached hydrogen (secondary N) is 2. The Hall–Kier alpha value is -1.43. The number of hydrogen-bond acceptors (Lipinski definition) is 4. The number of carbonyl (C=O) groups is 2. The highest BCUT2D eigenvalue weighted by Gasteiger charge is 2.17. The molecule has 1 unspecified atom stereocenters. The van der Waals surface area contributed by atoms with Crippen molar-refractivity contribution in [2.45, 2.75) is 39.2 Å². The molecule has 2 N–H and O–H groups in total. The highest BCUT2D eigenvalue weighted by molar-refractivity contribution is 6.39. The highest BCUT2D eigenvalue weighted by atomic mass is 16.2. The Morgan fingerprint density at radius 1 is 1.56 bits per heavy atom. The molecule has 0 aromatic heterocycles. The van der Waals surface area contributed by atoms with E-state index >= 15 is 0 Å². The fourth-order valence-corrected chi connectivity index (χ4v) is 1.62. The Bertz CT molecular complexity index is 341. The molecule has 1 atom stereocenters. The minimum absolute atomic E-state index is 0.136. The van der Waals surface area contributed by atoms with Crippen LogP contribution in [0.5, 0.6) is 0 Å². The summed E-state index contributed by atoms with van der Waals surface area (Å²) in [6.45, 7) is 5.69. The van der Waals surface area contributed by atoms with Gasteiger partial charge in [-0.25, -0.2) is 5.43 Å². The van der Waals surface area contributed by atoms with E-state index in [9.17, 15) is 9.59 Å². The van der Waals surface area contributed by atoms with Gasteiger partial charge in [0.15, 0.2) is 0 Å². The zero-order valence-corrected chi connectivity index (χ0v) is 11.3. The molecule has 1 rings (SSSR count). The minimum Gasteiger partial charge on any atom is -0.350 e. The summed E-state index contributed by atoms with van der Waals surface area (Å²) in [4.78, 5) is 24.8. The van der Waals surface area contributed by atoms with Crippen LogP contribution in [-0.4, -0.2) is 48.6 Å². The Morgan fingerprint density at radius 3 is 2.83 bits per heavy atom. The molecule has 6 heteroatoms. The van der Waals surface area contributed by atoms with Crippen molar-refractivity contribution in [2.75, 3.05) is 20.1 Å². The number of likely N-dealkylation sites (N-methyl/N-ethyl adjacent to an activating group) is 1. The van der Waals surface area contributed by atoms with E-state index in [1.165, 1.54) is 0 Å². The second kappa shape index (κ2) is 7.10. The van der Waals surface area contributed by atoms with Crippen LogP contribution in [0.25, 0.3) is 0 Å². The van der Waals surface area contributed by atoms with E-state index in [-0.39, 0.29) is 11.8 Å². The second-order valence-corrected chi connectivity index (χ2v) is 4.59. The summed E-state index contributed by atoms with van der Waals surface area (Å²) in [7, 11) is 2.04. The van der Waals surface area contributed by atoms with E-state index in [2.05, 4.69) is 34.6 Å². The molecule has 0 saturated carbocycles. The van der Waals surface area contributed by atoms with Gasteiger partial charge in [0, 0.05) is 32.0 Å². The zero-order valence-electron chi connectivity index (χ0n) is 11.3. The Balaban J connectivity index is 2.27. The molecule has 1 aliphatic rings. The van der Waals surface area contributed by atoms with Gasteiger partial charge in [-0.05, 0) is 20.4 Å². The van der Waals surface area contributed by atoms with Crippen LogP contribution >= 0.6 is 0 Å². The van der Waals surface area contributed by atoms with Gasteiger partial charge in [0.25, 0.3) is 5.91 Å². The summed E-state index contributed by atoms with van der Waals surface area (Å²) in [6.07, 6.45) is 1.83. The van der Waals surface area contributed by atoms with Crippen LogP contribution in [0.3, 0.4) is 0 Å². The first-order chi connectivity index (χ1) is 8.54. The van der Waals surface area contributed by atoms with E-state index < -0.39 is 0 Å². The lowest BCUT2D eigenvalue weighted by atomic mass is 10.1. The van der Waals surface area contributed by atoms with Gasteiger partial charge in [-0.15, -0.1) is 0 Å². The summed E-state index contributed by atoms with van der Waals surface area (Å²) in [6, 6.07) is 0.508. The smallest absolute Gasteiger partial charge is 0.267 e. The molecule has 0 radical (unpaired) electrons. The van der Waals surface area contributed by atoms with Crippen LogP contribution < -0.4 is 10.7 Å². The van der Waals surface area contributed by atoms with Gasteiger partial charge in [0.05, 0.1) is 0 Å². The predicted octanol–water partition coefficient (Wildman–Crippen LogP) is 0.0989. The van der Waals surface area contributed by atoms with Crippen molar-refractivity contribution in [3.05, 3.63) is 0 Å². The molecule has 2 amide bonds. The van der Waals surface area contributed by atoms with Crippen LogP contribution in [0, 0.1) is 0 Å².